The van der Waals surface area contributed by atoms with Crippen LogP contribution in [0.1, 0.15) is 42.7 Å². The summed E-state index contributed by atoms with van der Waals surface area (Å²) in [5, 5.41) is 11.8. The summed E-state index contributed by atoms with van der Waals surface area (Å²) in [6.07, 6.45) is 8.30. The molecule has 92 valence electrons. The molecule has 0 saturated carbocycles. The number of rotatable bonds is 5. The highest BCUT2D eigenvalue weighted by Crippen LogP contribution is 2.20. The molecule has 4 heteroatoms. The molecule has 0 radical (unpaired) electrons. The second kappa shape index (κ2) is 5.57. The molecule has 0 unspecified atom stereocenters. The van der Waals surface area contributed by atoms with Crippen LogP contribution in [0.3, 0.4) is 0 Å². The summed E-state index contributed by atoms with van der Waals surface area (Å²) in [7, 11) is 0. The topological polar surface area (TPSA) is 62.5 Å². The minimum absolute atomic E-state index is 0.0237. The van der Waals surface area contributed by atoms with Crippen molar-refractivity contribution in [2.45, 2.75) is 32.1 Å². The molecule has 0 aromatic carbocycles. The monoisotopic (exact) mass is 235 g/mol. The third-order valence-electron chi connectivity index (χ3n) is 2.95. The van der Waals surface area contributed by atoms with E-state index in [1.165, 1.54) is 37.3 Å². The van der Waals surface area contributed by atoms with Crippen LogP contribution in [-0.4, -0.2) is 17.6 Å². The predicted octanol–water partition coefficient (Wildman–Crippen LogP) is 3.28. The van der Waals surface area contributed by atoms with Crippen LogP contribution in [0.5, 0.6) is 0 Å². The summed E-state index contributed by atoms with van der Waals surface area (Å²) in [6.45, 7) is 0.790. The van der Waals surface area contributed by atoms with E-state index in [4.69, 9.17) is 9.52 Å². The van der Waals surface area contributed by atoms with Crippen LogP contribution in [-0.2, 0) is 0 Å². The van der Waals surface area contributed by atoms with Crippen LogP contribution in [0.4, 0.5) is 5.88 Å². The largest absolute Gasteiger partial charge is 0.475 e. The smallest absolute Gasteiger partial charge is 0.371 e. The molecule has 1 aliphatic carbocycles. The summed E-state index contributed by atoms with van der Waals surface area (Å²) < 4.78 is 5.10. The van der Waals surface area contributed by atoms with Gasteiger partial charge in [0.15, 0.2) is 5.88 Å². The fraction of sp³-hybridized carbons (Fsp3) is 0.462. The van der Waals surface area contributed by atoms with E-state index in [-0.39, 0.29) is 5.76 Å². The molecule has 0 amide bonds. The number of allylic oxidation sites excluding steroid dienone is 1. The van der Waals surface area contributed by atoms with E-state index in [2.05, 4.69) is 11.4 Å². The zero-order chi connectivity index (χ0) is 12.1. The summed E-state index contributed by atoms with van der Waals surface area (Å²) in [5.74, 6) is -0.531. The van der Waals surface area contributed by atoms with Crippen LogP contribution in [0.25, 0.3) is 0 Å². The second-order valence-corrected chi connectivity index (χ2v) is 4.25. The van der Waals surface area contributed by atoms with Gasteiger partial charge >= 0.3 is 5.97 Å². The van der Waals surface area contributed by atoms with E-state index in [1.807, 2.05) is 0 Å². The standard InChI is InChI=1S/C13H17NO3/c15-13(16)11-6-7-12(17-11)14-9-8-10-4-2-1-3-5-10/h4,6-7,14H,1-3,5,8-9H2,(H,15,16). The van der Waals surface area contributed by atoms with Crippen molar-refractivity contribution < 1.29 is 14.3 Å². The number of carboxylic acid groups (broad SMARTS) is 1. The lowest BCUT2D eigenvalue weighted by Crippen LogP contribution is -2.03. The van der Waals surface area contributed by atoms with E-state index >= 15 is 0 Å². The van der Waals surface area contributed by atoms with Crippen LogP contribution >= 0.6 is 0 Å². The molecule has 1 aliphatic rings. The van der Waals surface area contributed by atoms with E-state index < -0.39 is 5.97 Å². The number of carbonyl (C=O) groups is 1. The SMILES string of the molecule is O=C(O)c1ccc(NCCC2=CCCCC2)o1. The Morgan fingerprint density at radius 1 is 1.41 bits per heavy atom. The van der Waals surface area contributed by atoms with Crippen molar-refractivity contribution in [3.8, 4) is 0 Å². The van der Waals surface area contributed by atoms with Gasteiger partial charge in [0.05, 0.1) is 0 Å². The lowest BCUT2D eigenvalue weighted by Gasteiger charge is -2.12. The first kappa shape index (κ1) is 11.8. The van der Waals surface area contributed by atoms with Gasteiger partial charge in [-0.2, -0.15) is 0 Å². The van der Waals surface area contributed by atoms with Gasteiger partial charge in [-0.05, 0) is 38.2 Å². The summed E-state index contributed by atoms with van der Waals surface area (Å²) >= 11 is 0. The van der Waals surface area contributed by atoms with E-state index in [0.29, 0.717) is 5.88 Å². The molecule has 1 aromatic rings. The first-order valence-corrected chi connectivity index (χ1v) is 6.00. The number of hydrogen-bond acceptors (Lipinski definition) is 3. The Kier molecular flexibility index (Phi) is 3.85. The minimum Gasteiger partial charge on any atom is -0.475 e. The molecular formula is C13H17NO3. The highest BCUT2D eigenvalue weighted by Gasteiger charge is 2.08. The quantitative estimate of drug-likeness (QED) is 0.769. The number of hydrogen-bond donors (Lipinski definition) is 2. The minimum atomic E-state index is -1.03. The highest BCUT2D eigenvalue weighted by atomic mass is 16.4. The Hall–Kier alpha value is -1.71. The molecule has 2 rings (SSSR count). The number of carboxylic acids is 1. The average molecular weight is 235 g/mol. The Balaban J connectivity index is 1.77. The maximum absolute atomic E-state index is 10.6. The van der Waals surface area contributed by atoms with E-state index in [1.54, 1.807) is 6.07 Å². The zero-order valence-electron chi connectivity index (χ0n) is 9.74. The summed E-state index contributed by atoms with van der Waals surface area (Å²) in [4.78, 5) is 10.6. The van der Waals surface area contributed by atoms with Crippen molar-refractivity contribution in [3.05, 3.63) is 29.5 Å². The lowest BCUT2D eigenvalue weighted by atomic mass is 9.97. The molecule has 1 heterocycles. The van der Waals surface area contributed by atoms with Gasteiger partial charge < -0.3 is 14.8 Å². The van der Waals surface area contributed by atoms with E-state index in [0.717, 1.165) is 13.0 Å². The average Bonchev–Trinajstić information content (AvgIpc) is 2.79. The van der Waals surface area contributed by atoms with Gasteiger partial charge in [-0.15, -0.1) is 0 Å². The Bertz CT molecular complexity index is 420. The van der Waals surface area contributed by atoms with Crippen molar-refractivity contribution in [2.24, 2.45) is 0 Å². The molecule has 0 spiro atoms. The maximum atomic E-state index is 10.6. The number of nitrogens with one attached hydrogen (secondary N) is 1. The van der Waals surface area contributed by atoms with Crippen molar-refractivity contribution in [1.82, 2.24) is 0 Å². The fourth-order valence-electron chi connectivity index (χ4n) is 2.03. The van der Waals surface area contributed by atoms with Crippen LogP contribution in [0, 0.1) is 0 Å². The maximum Gasteiger partial charge on any atom is 0.371 e. The molecular weight excluding hydrogens is 218 g/mol. The van der Waals surface area contributed by atoms with Gasteiger partial charge in [-0.25, -0.2) is 4.79 Å². The van der Waals surface area contributed by atoms with Gasteiger partial charge in [0.25, 0.3) is 0 Å². The van der Waals surface area contributed by atoms with Crippen LogP contribution < -0.4 is 5.32 Å². The predicted molar refractivity (Wildman–Crippen MR) is 65.3 cm³/mol. The van der Waals surface area contributed by atoms with Crippen molar-refractivity contribution in [1.29, 1.82) is 0 Å². The number of anilines is 1. The van der Waals surface area contributed by atoms with E-state index in [9.17, 15) is 4.79 Å². The fourth-order valence-corrected chi connectivity index (χ4v) is 2.03. The molecule has 0 bridgehead atoms. The molecule has 0 fully saturated rings. The Morgan fingerprint density at radius 2 is 2.29 bits per heavy atom. The molecule has 0 aliphatic heterocycles. The number of furan rings is 1. The van der Waals surface area contributed by atoms with Gasteiger partial charge in [-0.3, -0.25) is 0 Å². The van der Waals surface area contributed by atoms with Gasteiger partial charge in [0.2, 0.25) is 5.76 Å². The molecule has 1 aromatic heterocycles. The van der Waals surface area contributed by atoms with Crippen LogP contribution in [0.15, 0.2) is 28.2 Å². The first-order chi connectivity index (χ1) is 8.25. The summed E-state index contributed by atoms with van der Waals surface area (Å²) in [6, 6.07) is 3.11. The highest BCUT2D eigenvalue weighted by molar-refractivity contribution is 5.84. The molecule has 4 nitrogen and oxygen atoms in total. The lowest BCUT2D eigenvalue weighted by molar-refractivity contribution is 0.0663. The molecule has 2 N–H and O–H groups in total. The van der Waals surface area contributed by atoms with Gasteiger partial charge in [-0.1, -0.05) is 11.6 Å². The van der Waals surface area contributed by atoms with Gasteiger partial charge in [0, 0.05) is 12.6 Å². The number of aromatic carboxylic acids is 1. The normalized spacial score (nSPS) is 15.4. The third kappa shape index (κ3) is 3.37. The van der Waals surface area contributed by atoms with Gasteiger partial charge in [0.1, 0.15) is 0 Å². The van der Waals surface area contributed by atoms with Crippen molar-refractivity contribution in [3.63, 3.8) is 0 Å². The van der Waals surface area contributed by atoms with Crippen LogP contribution in [0.2, 0.25) is 0 Å². The molecule has 17 heavy (non-hydrogen) atoms. The Morgan fingerprint density at radius 3 is 2.94 bits per heavy atom. The Labute approximate surface area is 100 Å². The summed E-state index contributed by atoms with van der Waals surface area (Å²) in [5.41, 5.74) is 1.49. The molecule has 0 saturated heterocycles. The van der Waals surface area contributed by atoms with Crippen molar-refractivity contribution >= 4 is 11.9 Å². The molecule has 0 atom stereocenters. The van der Waals surface area contributed by atoms with Crippen molar-refractivity contribution in [2.75, 3.05) is 11.9 Å². The second-order valence-electron chi connectivity index (χ2n) is 4.25. The third-order valence-corrected chi connectivity index (χ3v) is 2.95. The zero-order valence-corrected chi connectivity index (χ0v) is 9.74. The first-order valence-electron chi connectivity index (χ1n) is 6.00.